The Labute approximate surface area is 191 Å². The van der Waals surface area contributed by atoms with Gasteiger partial charge in [0.15, 0.2) is 5.78 Å². The lowest BCUT2D eigenvalue weighted by Gasteiger charge is -2.23. The molecule has 0 N–H and O–H groups in total. The first-order chi connectivity index (χ1) is 14.5. The molecule has 2 heterocycles. The average Bonchev–Trinajstić information content (AvgIpc) is 3.14. The monoisotopic (exact) mass is 498 g/mol. The van der Waals surface area contributed by atoms with Gasteiger partial charge in [-0.1, -0.05) is 63.6 Å². The molecule has 2 aromatic carbocycles. The second kappa shape index (κ2) is 8.13. The van der Waals surface area contributed by atoms with Gasteiger partial charge in [0.1, 0.15) is 0 Å². The van der Waals surface area contributed by atoms with Gasteiger partial charge in [-0.3, -0.25) is 4.79 Å². The van der Waals surface area contributed by atoms with Crippen LogP contribution in [0.5, 0.6) is 0 Å². The summed E-state index contributed by atoms with van der Waals surface area (Å²) in [5.41, 5.74) is 3.72. The van der Waals surface area contributed by atoms with Crippen molar-refractivity contribution in [1.82, 2.24) is 19.6 Å². The van der Waals surface area contributed by atoms with Crippen LogP contribution in [0.4, 0.5) is 0 Å². The summed E-state index contributed by atoms with van der Waals surface area (Å²) >= 11 is 11.0. The molecule has 1 aliphatic carbocycles. The van der Waals surface area contributed by atoms with Gasteiger partial charge in [0.2, 0.25) is 5.16 Å². The first-order valence-electron chi connectivity index (χ1n) is 9.47. The maximum absolute atomic E-state index is 12.8. The number of Topliss-reactive ketones (excluding diaryl/α,β-unsaturated/α-hetero) is 1. The van der Waals surface area contributed by atoms with Crippen molar-refractivity contribution in [3.05, 3.63) is 86.6 Å². The molecule has 30 heavy (non-hydrogen) atoms. The number of benzene rings is 2. The van der Waals surface area contributed by atoms with Gasteiger partial charge >= 0.3 is 0 Å². The third-order valence-corrected chi connectivity index (χ3v) is 6.88. The van der Waals surface area contributed by atoms with Gasteiger partial charge in [0.05, 0.1) is 11.3 Å². The van der Waals surface area contributed by atoms with E-state index in [1.54, 1.807) is 22.5 Å². The summed E-state index contributed by atoms with van der Waals surface area (Å²) in [6.45, 7) is 0. The van der Waals surface area contributed by atoms with Crippen LogP contribution in [0.2, 0.25) is 5.02 Å². The Balaban J connectivity index is 1.39. The Kier molecular flexibility index (Phi) is 5.35. The van der Waals surface area contributed by atoms with Crippen molar-refractivity contribution in [2.75, 3.05) is 0 Å². The summed E-state index contributed by atoms with van der Waals surface area (Å²) in [4.78, 5) is 22.0. The maximum Gasteiger partial charge on any atom is 0.253 e. The highest BCUT2D eigenvalue weighted by Gasteiger charge is 2.28. The largest absolute Gasteiger partial charge is 0.294 e. The molecule has 5 rings (SSSR count). The first-order valence-corrected chi connectivity index (χ1v) is 11.6. The fraction of sp³-hybridized carbons (Fsp3) is 0.182. The summed E-state index contributed by atoms with van der Waals surface area (Å²) in [6, 6.07) is 15.9. The fourth-order valence-corrected chi connectivity index (χ4v) is 4.80. The van der Waals surface area contributed by atoms with Crippen molar-refractivity contribution >= 4 is 50.9 Å². The van der Waals surface area contributed by atoms with E-state index in [0.29, 0.717) is 34.4 Å². The van der Waals surface area contributed by atoms with Gasteiger partial charge in [0.25, 0.3) is 5.78 Å². The van der Waals surface area contributed by atoms with E-state index >= 15 is 0 Å². The Morgan fingerprint density at radius 2 is 1.83 bits per heavy atom. The smallest absolute Gasteiger partial charge is 0.253 e. The van der Waals surface area contributed by atoms with Gasteiger partial charge in [-0.25, -0.2) is 9.50 Å². The molecule has 4 aromatic rings. The lowest BCUT2D eigenvalue weighted by molar-refractivity contribution is 0.0962. The molecule has 0 saturated carbocycles. The van der Waals surface area contributed by atoms with Crippen LogP contribution < -0.4 is 0 Å². The topological polar surface area (TPSA) is 60.2 Å². The highest BCUT2D eigenvalue weighted by molar-refractivity contribution is 9.10. The summed E-state index contributed by atoms with van der Waals surface area (Å²) in [6.07, 6.45) is 2.93. The van der Waals surface area contributed by atoms with Gasteiger partial charge in [-0.2, -0.15) is 4.98 Å². The minimum atomic E-state index is 0.0881. The number of nitrogens with zero attached hydrogens (tertiary/aromatic N) is 4. The SMILES string of the molecule is O=C1C[C@H](c2ccc(Cl)cc2)Cc2nc3nc(SCc4ccc(Br)cc4)nn3cc21. The lowest BCUT2D eigenvalue weighted by atomic mass is 9.82. The standard InChI is InChI=1S/C22H16BrClN4OS/c23-16-5-1-13(2-6-16)12-30-22-26-21-25-19-9-15(14-3-7-17(24)8-4-14)10-20(29)18(19)11-28(21)27-22/h1-8,11,15H,9-10,12H2/t15-/m1/s1. The number of halogens is 2. The quantitative estimate of drug-likeness (QED) is 0.335. The third-order valence-electron chi connectivity index (χ3n) is 5.19. The second-order valence-corrected chi connectivity index (χ2v) is 9.53. The Hall–Kier alpha value is -2.22. The predicted octanol–water partition coefficient (Wildman–Crippen LogP) is 5.75. The van der Waals surface area contributed by atoms with E-state index < -0.39 is 0 Å². The van der Waals surface area contributed by atoms with E-state index in [4.69, 9.17) is 11.6 Å². The zero-order chi connectivity index (χ0) is 20.7. The number of hydrogen-bond acceptors (Lipinski definition) is 5. The summed E-state index contributed by atoms with van der Waals surface area (Å²) in [7, 11) is 0. The highest BCUT2D eigenvalue weighted by Crippen LogP contribution is 2.32. The molecule has 0 bridgehead atoms. The van der Waals surface area contributed by atoms with Gasteiger partial charge < -0.3 is 0 Å². The van der Waals surface area contributed by atoms with E-state index in [9.17, 15) is 4.79 Å². The van der Waals surface area contributed by atoms with E-state index in [0.717, 1.165) is 21.5 Å². The van der Waals surface area contributed by atoms with Gasteiger partial charge in [-0.05, 0) is 47.7 Å². The second-order valence-electron chi connectivity index (χ2n) is 7.24. The molecule has 1 atom stereocenters. The average molecular weight is 500 g/mol. The van der Waals surface area contributed by atoms with Gasteiger partial charge in [0, 0.05) is 27.9 Å². The Morgan fingerprint density at radius 3 is 2.60 bits per heavy atom. The normalized spacial score (nSPS) is 16.1. The van der Waals surface area contributed by atoms with Crippen molar-refractivity contribution < 1.29 is 4.79 Å². The Morgan fingerprint density at radius 1 is 1.07 bits per heavy atom. The minimum Gasteiger partial charge on any atom is -0.294 e. The van der Waals surface area contributed by atoms with Crippen molar-refractivity contribution in [2.24, 2.45) is 0 Å². The molecule has 1 aliphatic rings. The van der Waals surface area contributed by atoms with E-state index in [1.165, 1.54) is 5.56 Å². The van der Waals surface area contributed by atoms with Crippen LogP contribution in [0.25, 0.3) is 5.78 Å². The number of carbonyl (C=O) groups is 1. The Bertz CT molecular complexity index is 1240. The number of ketones is 1. The van der Waals surface area contributed by atoms with Crippen LogP contribution in [-0.4, -0.2) is 25.4 Å². The number of carbonyl (C=O) groups excluding carboxylic acids is 1. The van der Waals surface area contributed by atoms with Crippen LogP contribution in [0, 0.1) is 0 Å². The van der Waals surface area contributed by atoms with Crippen LogP contribution in [0.15, 0.2) is 64.4 Å². The molecule has 0 aliphatic heterocycles. The summed E-state index contributed by atoms with van der Waals surface area (Å²) in [5, 5.41) is 5.84. The number of rotatable bonds is 4. The summed E-state index contributed by atoms with van der Waals surface area (Å²) in [5.74, 6) is 1.48. The number of fused-ring (bicyclic) bond motifs is 2. The molecular weight excluding hydrogens is 484 g/mol. The molecule has 0 amide bonds. The van der Waals surface area contributed by atoms with Crippen molar-refractivity contribution in [3.8, 4) is 0 Å². The zero-order valence-electron chi connectivity index (χ0n) is 15.8. The number of aromatic nitrogens is 4. The van der Waals surface area contributed by atoms with Crippen LogP contribution in [0.1, 0.15) is 39.5 Å². The van der Waals surface area contributed by atoms with Crippen molar-refractivity contribution in [2.45, 2.75) is 29.7 Å². The molecule has 5 nitrogen and oxygen atoms in total. The molecule has 0 saturated heterocycles. The number of thioether (sulfide) groups is 1. The lowest BCUT2D eigenvalue weighted by Crippen LogP contribution is -2.21. The first kappa shape index (κ1) is 19.7. The molecule has 0 unspecified atom stereocenters. The molecule has 8 heteroatoms. The fourth-order valence-electron chi connectivity index (χ4n) is 3.62. The number of hydrogen-bond donors (Lipinski definition) is 0. The van der Waals surface area contributed by atoms with Crippen LogP contribution in [0.3, 0.4) is 0 Å². The van der Waals surface area contributed by atoms with Crippen LogP contribution in [-0.2, 0) is 12.2 Å². The molecule has 2 aromatic heterocycles. The van der Waals surface area contributed by atoms with E-state index in [-0.39, 0.29) is 11.7 Å². The molecule has 0 spiro atoms. The highest BCUT2D eigenvalue weighted by atomic mass is 79.9. The molecule has 0 radical (unpaired) electrons. The van der Waals surface area contributed by atoms with E-state index in [1.807, 2.05) is 36.4 Å². The third kappa shape index (κ3) is 4.02. The molecule has 0 fully saturated rings. The zero-order valence-corrected chi connectivity index (χ0v) is 18.9. The minimum absolute atomic E-state index is 0.0881. The van der Waals surface area contributed by atoms with Crippen molar-refractivity contribution in [3.63, 3.8) is 0 Å². The van der Waals surface area contributed by atoms with Gasteiger partial charge in [-0.15, -0.1) is 5.10 Å². The summed E-state index contributed by atoms with van der Waals surface area (Å²) < 4.78 is 2.67. The predicted molar refractivity (Wildman–Crippen MR) is 121 cm³/mol. The maximum atomic E-state index is 12.8. The van der Waals surface area contributed by atoms with Crippen molar-refractivity contribution in [1.29, 1.82) is 0 Å². The van der Waals surface area contributed by atoms with Crippen LogP contribution >= 0.6 is 39.3 Å². The van der Waals surface area contributed by atoms with E-state index in [2.05, 4.69) is 43.1 Å². The molecular formula is C22H16BrClN4OS. The molecule has 150 valence electrons.